The molecular formula is C15H16F3N3O2. The van der Waals surface area contributed by atoms with Gasteiger partial charge in [0.15, 0.2) is 0 Å². The van der Waals surface area contributed by atoms with Gasteiger partial charge in [-0.1, -0.05) is 0 Å². The molecule has 0 fully saturated rings. The molecule has 0 unspecified atom stereocenters. The van der Waals surface area contributed by atoms with Crippen molar-refractivity contribution >= 4 is 5.97 Å². The lowest BCUT2D eigenvalue weighted by Gasteiger charge is -2.06. The summed E-state index contributed by atoms with van der Waals surface area (Å²) in [7, 11) is 1.67. The highest BCUT2D eigenvalue weighted by atomic mass is 19.4. The largest absolute Gasteiger partial charge is 0.466 e. The second kappa shape index (κ2) is 6.80. The highest BCUT2D eigenvalue weighted by Gasteiger charge is 2.30. The highest BCUT2D eigenvalue weighted by molar-refractivity contribution is 5.69. The SMILES string of the molecule is CCOC(=O)CCc1cc(-c2ccc(C(F)(F)F)cn2)n(C)n1. The molecule has 5 nitrogen and oxygen atoms in total. The zero-order valence-corrected chi connectivity index (χ0v) is 12.7. The first-order valence-electron chi connectivity index (χ1n) is 7.03. The quantitative estimate of drug-likeness (QED) is 0.792. The van der Waals surface area contributed by atoms with Crippen LogP contribution in [0.1, 0.15) is 24.6 Å². The number of pyridine rings is 1. The lowest BCUT2D eigenvalue weighted by Crippen LogP contribution is -2.05. The van der Waals surface area contributed by atoms with E-state index in [9.17, 15) is 18.0 Å². The number of aromatic nitrogens is 3. The number of halogens is 3. The number of aryl methyl sites for hydroxylation is 2. The molecular weight excluding hydrogens is 311 g/mol. The van der Waals surface area contributed by atoms with Gasteiger partial charge in [-0.25, -0.2) is 0 Å². The molecule has 0 saturated heterocycles. The number of esters is 1. The van der Waals surface area contributed by atoms with Crippen LogP contribution in [0.15, 0.2) is 24.4 Å². The van der Waals surface area contributed by atoms with Crippen LogP contribution in [0, 0.1) is 0 Å². The topological polar surface area (TPSA) is 57.0 Å². The summed E-state index contributed by atoms with van der Waals surface area (Å²) in [5, 5.41) is 4.24. The maximum absolute atomic E-state index is 12.5. The lowest BCUT2D eigenvalue weighted by molar-refractivity contribution is -0.143. The molecule has 0 N–H and O–H groups in total. The molecule has 23 heavy (non-hydrogen) atoms. The molecule has 0 aliphatic rings. The second-order valence-corrected chi connectivity index (χ2v) is 4.88. The number of rotatable bonds is 5. The first-order valence-corrected chi connectivity index (χ1v) is 7.03. The Morgan fingerprint density at radius 3 is 2.65 bits per heavy atom. The number of alkyl halides is 3. The Kier molecular flexibility index (Phi) is 5.02. The van der Waals surface area contributed by atoms with Gasteiger partial charge >= 0.3 is 12.1 Å². The average molecular weight is 327 g/mol. The van der Waals surface area contributed by atoms with Gasteiger partial charge in [0.1, 0.15) is 0 Å². The Bertz CT molecular complexity index is 678. The summed E-state index contributed by atoms with van der Waals surface area (Å²) in [4.78, 5) is 15.2. The maximum atomic E-state index is 12.5. The minimum atomic E-state index is -4.41. The Morgan fingerprint density at radius 1 is 1.35 bits per heavy atom. The van der Waals surface area contributed by atoms with Crippen LogP contribution < -0.4 is 0 Å². The van der Waals surface area contributed by atoms with E-state index in [0.717, 1.165) is 12.3 Å². The number of hydrogen-bond donors (Lipinski definition) is 0. The van der Waals surface area contributed by atoms with Crippen molar-refractivity contribution in [2.45, 2.75) is 25.9 Å². The van der Waals surface area contributed by atoms with Crippen LogP contribution in [-0.2, 0) is 29.2 Å². The van der Waals surface area contributed by atoms with Crippen molar-refractivity contribution in [3.05, 3.63) is 35.7 Å². The molecule has 0 aliphatic heterocycles. The van der Waals surface area contributed by atoms with Crippen molar-refractivity contribution in [3.8, 4) is 11.4 Å². The van der Waals surface area contributed by atoms with E-state index in [4.69, 9.17) is 4.74 Å². The summed E-state index contributed by atoms with van der Waals surface area (Å²) in [6.45, 7) is 2.05. The predicted octanol–water partition coefficient (Wildman–Crippen LogP) is 3.00. The smallest absolute Gasteiger partial charge is 0.417 e. The molecule has 0 bridgehead atoms. The van der Waals surface area contributed by atoms with Gasteiger partial charge in [0.25, 0.3) is 0 Å². The molecule has 2 aromatic rings. The number of hydrogen-bond acceptors (Lipinski definition) is 4. The van der Waals surface area contributed by atoms with Gasteiger partial charge in [0.05, 0.1) is 35.7 Å². The van der Waals surface area contributed by atoms with E-state index in [0.29, 0.717) is 30.1 Å². The van der Waals surface area contributed by atoms with Crippen molar-refractivity contribution in [1.29, 1.82) is 0 Å². The highest BCUT2D eigenvalue weighted by Crippen LogP contribution is 2.29. The molecule has 0 aromatic carbocycles. The van der Waals surface area contributed by atoms with Gasteiger partial charge < -0.3 is 4.74 Å². The number of carbonyl (C=O) groups excluding carboxylic acids is 1. The van der Waals surface area contributed by atoms with Gasteiger partial charge in [-0.05, 0) is 25.1 Å². The maximum Gasteiger partial charge on any atom is 0.417 e. The Hall–Kier alpha value is -2.38. The first-order chi connectivity index (χ1) is 10.8. The normalized spacial score (nSPS) is 11.5. The monoisotopic (exact) mass is 327 g/mol. The molecule has 0 aliphatic carbocycles. The molecule has 2 heterocycles. The molecule has 124 valence electrons. The fourth-order valence-corrected chi connectivity index (χ4v) is 2.06. The first kappa shape index (κ1) is 17.0. The van der Waals surface area contributed by atoms with Gasteiger partial charge in [-0.15, -0.1) is 0 Å². The summed E-state index contributed by atoms with van der Waals surface area (Å²) in [6, 6.07) is 3.98. The zero-order valence-electron chi connectivity index (χ0n) is 12.7. The van der Waals surface area contributed by atoms with E-state index in [1.54, 1.807) is 20.0 Å². The number of nitrogens with zero attached hydrogens (tertiary/aromatic N) is 3. The van der Waals surface area contributed by atoms with Crippen LogP contribution in [-0.4, -0.2) is 27.3 Å². The van der Waals surface area contributed by atoms with Gasteiger partial charge in [-0.3, -0.25) is 14.5 Å². The molecule has 2 rings (SSSR count). The predicted molar refractivity (Wildman–Crippen MR) is 76.4 cm³/mol. The third kappa shape index (κ3) is 4.30. The van der Waals surface area contributed by atoms with Crippen LogP contribution >= 0.6 is 0 Å². The van der Waals surface area contributed by atoms with Crippen molar-refractivity contribution < 1.29 is 22.7 Å². The molecule has 0 amide bonds. The summed E-state index contributed by atoms with van der Waals surface area (Å²) in [5.41, 5.74) is 0.816. The summed E-state index contributed by atoms with van der Waals surface area (Å²) in [5.74, 6) is -0.313. The van der Waals surface area contributed by atoms with Crippen molar-refractivity contribution in [3.63, 3.8) is 0 Å². The van der Waals surface area contributed by atoms with E-state index in [-0.39, 0.29) is 12.4 Å². The summed E-state index contributed by atoms with van der Waals surface area (Å²) in [6.07, 6.45) is -3.03. The van der Waals surface area contributed by atoms with Crippen molar-refractivity contribution in [2.24, 2.45) is 7.05 Å². The number of ether oxygens (including phenoxy) is 1. The van der Waals surface area contributed by atoms with E-state index >= 15 is 0 Å². The third-order valence-electron chi connectivity index (χ3n) is 3.17. The Morgan fingerprint density at radius 2 is 2.09 bits per heavy atom. The van der Waals surface area contributed by atoms with Crippen LogP contribution in [0.5, 0.6) is 0 Å². The minimum Gasteiger partial charge on any atom is -0.466 e. The molecule has 0 spiro atoms. The van der Waals surface area contributed by atoms with E-state index in [1.807, 2.05) is 0 Å². The van der Waals surface area contributed by atoms with Gasteiger partial charge in [-0.2, -0.15) is 18.3 Å². The van der Waals surface area contributed by atoms with E-state index in [2.05, 4.69) is 10.1 Å². The second-order valence-electron chi connectivity index (χ2n) is 4.88. The van der Waals surface area contributed by atoms with Crippen LogP contribution in [0.25, 0.3) is 11.4 Å². The zero-order chi connectivity index (χ0) is 17.0. The fourth-order valence-electron chi connectivity index (χ4n) is 2.06. The van der Waals surface area contributed by atoms with Gasteiger partial charge in [0.2, 0.25) is 0 Å². The molecule has 2 aromatic heterocycles. The molecule has 0 radical (unpaired) electrons. The lowest BCUT2D eigenvalue weighted by atomic mass is 10.2. The third-order valence-corrected chi connectivity index (χ3v) is 3.17. The van der Waals surface area contributed by atoms with E-state index < -0.39 is 11.7 Å². The van der Waals surface area contributed by atoms with E-state index in [1.165, 1.54) is 10.7 Å². The average Bonchev–Trinajstić information content (AvgIpc) is 2.86. The van der Waals surface area contributed by atoms with Crippen LogP contribution in [0.4, 0.5) is 13.2 Å². The van der Waals surface area contributed by atoms with Crippen molar-refractivity contribution in [2.75, 3.05) is 6.61 Å². The van der Waals surface area contributed by atoms with Gasteiger partial charge in [0, 0.05) is 19.7 Å². The number of carbonyl (C=O) groups is 1. The summed E-state index contributed by atoms with van der Waals surface area (Å²) >= 11 is 0. The fraction of sp³-hybridized carbons (Fsp3) is 0.400. The molecule has 0 saturated carbocycles. The Balaban J connectivity index is 2.13. The summed E-state index contributed by atoms with van der Waals surface area (Å²) < 4.78 is 44.0. The molecule has 8 heteroatoms. The molecule has 0 atom stereocenters. The van der Waals surface area contributed by atoms with Crippen LogP contribution in [0.3, 0.4) is 0 Å². The standard InChI is InChI=1S/C15H16F3N3O2/c1-3-23-14(22)7-5-11-8-13(21(2)20-11)12-6-4-10(9-19-12)15(16,17)18/h4,6,8-9H,3,5,7H2,1-2H3. The Labute approximate surface area is 131 Å². The minimum absolute atomic E-state index is 0.199. The van der Waals surface area contributed by atoms with Crippen LogP contribution in [0.2, 0.25) is 0 Å². The van der Waals surface area contributed by atoms with Crippen molar-refractivity contribution in [1.82, 2.24) is 14.8 Å².